The third kappa shape index (κ3) is 2.90. The molecule has 2 heterocycles. The lowest BCUT2D eigenvalue weighted by Gasteiger charge is -2.04. The summed E-state index contributed by atoms with van der Waals surface area (Å²) in [5.41, 5.74) is 0. The largest absolute Gasteiger partial charge is 0.481 e. The van der Waals surface area contributed by atoms with Crippen LogP contribution in [0.5, 0.6) is 5.88 Å². The quantitative estimate of drug-likeness (QED) is 0.854. The molecule has 0 amide bonds. The van der Waals surface area contributed by atoms with Gasteiger partial charge in [-0.2, -0.15) is 4.98 Å². The number of aromatic nitrogens is 3. The minimum Gasteiger partial charge on any atom is -0.481 e. The Morgan fingerprint density at radius 1 is 1.38 bits per heavy atom. The van der Waals surface area contributed by atoms with Crippen molar-refractivity contribution in [3.05, 3.63) is 28.8 Å². The van der Waals surface area contributed by atoms with Crippen molar-refractivity contribution in [1.82, 2.24) is 15.0 Å². The van der Waals surface area contributed by atoms with E-state index in [1.807, 2.05) is 11.6 Å². The van der Waals surface area contributed by atoms with E-state index in [2.05, 4.69) is 20.3 Å². The third-order valence-electron chi connectivity index (χ3n) is 1.94. The van der Waals surface area contributed by atoms with Crippen LogP contribution in [0.15, 0.2) is 23.8 Å². The van der Waals surface area contributed by atoms with Crippen LogP contribution in [-0.4, -0.2) is 28.6 Å². The Hall–Kier alpha value is -1.69. The molecule has 0 saturated carbocycles. The van der Waals surface area contributed by atoms with Crippen molar-refractivity contribution >= 4 is 17.3 Å². The normalized spacial score (nSPS) is 10.1. The molecule has 16 heavy (non-hydrogen) atoms. The van der Waals surface area contributed by atoms with Crippen LogP contribution >= 0.6 is 11.3 Å². The Morgan fingerprint density at radius 3 is 3.06 bits per heavy atom. The van der Waals surface area contributed by atoms with Gasteiger partial charge in [0.1, 0.15) is 0 Å². The number of rotatable bonds is 5. The minimum atomic E-state index is 0.562. The van der Waals surface area contributed by atoms with Crippen molar-refractivity contribution in [2.75, 3.05) is 19.0 Å². The number of ether oxygens (including phenoxy) is 1. The Balaban J connectivity index is 1.85. The van der Waals surface area contributed by atoms with E-state index in [1.54, 1.807) is 30.7 Å². The maximum Gasteiger partial charge on any atom is 0.225 e. The fraction of sp³-hybridized carbons (Fsp3) is 0.300. The van der Waals surface area contributed by atoms with Crippen LogP contribution in [0.2, 0.25) is 0 Å². The summed E-state index contributed by atoms with van der Waals surface area (Å²) in [5, 5.41) is 6.20. The zero-order valence-electron chi connectivity index (χ0n) is 8.88. The second-order valence-electron chi connectivity index (χ2n) is 3.03. The number of methoxy groups -OCH3 is 1. The number of anilines is 1. The van der Waals surface area contributed by atoms with Crippen LogP contribution in [0.25, 0.3) is 0 Å². The highest BCUT2D eigenvalue weighted by Gasteiger charge is 1.99. The number of nitrogens with one attached hydrogen (secondary N) is 1. The molecule has 2 aromatic rings. The molecule has 5 nitrogen and oxygen atoms in total. The predicted octanol–water partition coefficient (Wildman–Crippen LogP) is 1.60. The summed E-state index contributed by atoms with van der Waals surface area (Å²) < 4.78 is 5.01. The number of nitrogens with zero attached hydrogens (tertiary/aromatic N) is 3. The summed E-state index contributed by atoms with van der Waals surface area (Å²) in [5.74, 6) is 1.14. The van der Waals surface area contributed by atoms with E-state index in [0.29, 0.717) is 11.8 Å². The van der Waals surface area contributed by atoms with Gasteiger partial charge in [0, 0.05) is 36.8 Å². The molecule has 0 fully saturated rings. The zero-order chi connectivity index (χ0) is 11.2. The molecule has 84 valence electrons. The van der Waals surface area contributed by atoms with Gasteiger partial charge in [-0.05, 0) is 0 Å². The van der Waals surface area contributed by atoms with Crippen molar-refractivity contribution in [2.45, 2.75) is 6.42 Å². The number of hydrogen-bond donors (Lipinski definition) is 1. The summed E-state index contributed by atoms with van der Waals surface area (Å²) in [4.78, 5) is 12.4. The predicted molar refractivity (Wildman–Crippen MR) is 62.9 cm³/mol. The van der Waals surface area contributed by atoms with Gasteiger partial charge in [-0.25, -0.2) is 9.97 Å². The van der Waals surface area contributed by atoms with Gasteiger partial charge in [-0.1, -0.05) is 0 Å². The van der Waals surface area contributed by atoms with Crippen molar-refractivity contribution < 1.29 is 4.74 Å². The van der Waals surface area contributed by atoms with E-state index in [9.17, 15) is 0 Å². The van der Waals surface area contributed by atoms with Crippen LogP contribution < -0.4 is 10.1 Å². The molecule has 0 unspecified atom stereocenters. The van der Waals surface area contributed by atoms with Crippen LogP contribution in [-0.2, 0) is 6.42 Å². The van der Waals surface area contributed by atoms with Gasteiger partial charge in [0.2, 0.25) is 11.8 Å². The Labute approximate surface area is 97.5 Å². The highest BCUT2D eigenvalue weighted by molar-refractivity contribution is 7.09. The first-order valence-electron chi connectivity index (χ1n) is 4.88. The van der Waals surface area contributed by atoms with E-state index in [0.717, 1.165) is 18.0 Å². The first-order chi connectivity index (χ1) is 7.88. The molecule has 0 spiro atoms. The lowest BCUT2D eigenvalue weighted by Crippen LogP contribution is -2.07. The zero-order valence-corrected chi connectivity index (χ0v) is 9.70. The monoisotopic (exact) mass is 236 g/mol. The molecule has 2 aromatic heterocycles. The Kier molecular flexibility index (Phi) is 3.66. The maximum absolute atomic E-state index is 5.01. The molecule has 0 bridgehead atoms. The van der Waals surface area contributed by atoms with Crippen LogP contribution in [0.4, 0.5) is 5.95 Å². The summed E-state index contributed by atoms with van der Waals surface area (Å²) in [6, 6.07) is 1.71. The lowest BCUT2D eigenvalue weighted by molar-refractivity contribution is 0.397. The Bertz CT molecular complexity index is 432. The van der Waals surface area contributed by atoms with E-state index < -0.39 is 0 Å². The first kappa shape index (κ1) is 10.8. The summed E-state index contributed by atoms with van der Waals surface area (Å²) >= 11 is 1.65. The van der Waals surface area contributed by atoms with Crippen LogP contribution in [0.3, 0.4) is 0 Å². The molecule has 1 N–H and O–H groups in total. The second-order valence-corrected chi connectivity index (χ2v) is 4.00. The molecule has 2 rings (SSSR count). The van der Waals surface area contributed by atoms with Gasteiger partial charge in [0.05, 0.1) is 12.1 Å². The van der Waals surface area contributed by atoms with E-state index in [4.69, 9.17) is 4.74 Å². The molecule has 0 saturated heterocycles. The van der Waals surface area contributed by atoms with Crippen LogP contribution in [0.1, 0.15) is 5.01 Å². The second kappa shape index (κ2) is 5.41. The molecule has 0 aliphatic carbocycles. The van der Waals surface area contributed by atoms with Gasteiger partial charge < -0.3 is 10.1 Å². The number of hydrogen-bond acceptors (Lipinski definition) is 6. The van der Waals surface area contributed by atoms with E-state index >= 15 is 0 Å². The SMILES string of the molecule is COc1ccnc(NCCc2nccs2)n1. The fourth-order valence-corrected chi connectivity index (χ4v) is 1.82. The summed E-state index contributed by atoms with van der Waals surface area (Å²) in [6.45, 7) is 0.765. The summed E-state index contributed by atoms with van der Waals surface area (Å²) in [7, 11) is 1.59. The van der Waals surface area contributed by atoms with Crippen molar-refractivity contribution in [2.24, 2.45) is 0 Å². The lowest BCUT2D eigenvalue weighted by atomic mass is 10.4. The fourth-order valence-electron chi connectivity index (χ4n) is 1.20. The van der Waals surface area contributed by atoms with E-state index in [1.165, 1.54) is 0 Å². The molecule has 0 radical (unpaired) electrons. The van der Waals surface area contributed by atoms with Gasteiger partial charge in [0.25, 0.3) is 0 Å². The highest BCUT2D eigenvalue weighted by atomic mass is 32.1. The summed E-state index contributed by atoms with van der Waals surface area (Å²) in [6.07, 6.45) is 4.35. The third-order valence-corrected chi connectivity index (χ3v) is 2.78. The van der Waals surface area contributed by atoms with E-state index in [-0.39, 0.29) is 0 Å². The van der Waals surface area contributed by atoms with Gasteiger partial charge in [-0.3, -0.25) is 0 Å². The van der Waals surface area contributed by atoms with Gasteiger partial charge in [0.15, 0.2) is 0 Å². The average molecular weight is 236 g/mol. The number of thiazole rings is 1. The molecule has 0 atom stereocenters. The maximum atomic E-state index is 5.01. The van der Waals surface area contributed by atoms with Crippen molar-refractivity contribution in [3.63, 3.8) is 0 Å². The molecule has 6 heteroatoms. The molecular formula is C10H12N4OS. The topological polar surface area (TPSA) is 59.9 Å². The van der Waals surface area contributed by atoms with Crippen molar-refractivity contribution in [1.29, 1.82) is 0 Å². The Morgan fingerprint density at radius 2 is 2.31 bits per heavy atom. The molecular weight excluding hydrogens is 224 g/mol. The van der Waals surface area contributed by atoms with Crippen LogP contribution in [0, 0.1) is 0 Å². The minimum absolute atomic E-state index is 0.562. The standard InChI is InChI=1S/C10H12N4OS/c1-15-8-2-4-12-10(14-8)13-5-3-9-11-6-7-16-9/h2,4,6-7H,3,5H2,1H3,(H,12,13,14). The van der Waals surface area contributed by atoms with Gasteiger partial charge in [-0.15, -0.1) is 11.3 Å². The average Bonchev–Trinajstić information content (AvgIpc) is 2.82. The van der Waals surface area contributed by atoms with Crippen molar-refractivity contribution in [3.8, 4) is 5.88 Å². The van der Waals surface area contributed by atoms with Gasteiger partial charge >= 0.3 is 0 Å². The highest BCUT2D eigenvalue weighted by Crippen LogP contribution is 2.08. The smallest absolute Gasteiger partial charge is 0.225 e. The molecule has 0 aliphatic rings. The molecule has 0 aliphatic heterocycles. The molecule has 0 aromatic carbocycles. The first-order valence-corrected chi connectivity index (χ1v) is 5.76.